The van der Waals surface area contributed by atoms with Crippen molar-refractivity contribution in [2.24, 2.45) is 11.7 Å². The van der Waals surface area contributed by atoms with Gasteiger partial charge in [-0.05, 0) is 37.6 Å². The molecule has 0 saturated carbocycles. The van der Waals surface area contributed by atoms with E-state index in [1.165, 1.54) is 12.1 Å². The first-order valence-electron chi connectivity index (χ1n) is 11.1. The summed E-state index contributed by atoms with van der Waals surface area (Å²) in [5, 5.41) is 0. The standard InChI is InChI=1S/C25H24F3N5O/c1-3-34-22-5-4-14(6-19(22)27)17-9-30-10-18(24(17)33-11-15(12-33)13(2)29)25-31-21-8-16(26)7-20(28)23(21)32-25/h4-10,13,15H,3,11-12,29H2,1-2H3,(H,31,32). The van der Waals surface area contributed by atoms with Crippen molar-refractivity contribution in [2.75, 3.05) is 24.6 Å². The van der Waals surface area contributed by atoms with Crippen LogP contribution >= 0.6 is 0 Å². The molecule has 1 atom stereocenters. The summed E-state index contributed by atoms with van der Waals surface area (Å²) in [4.78, 5) is 13.9. The predicted octanol–water partition coefficient (Wildman–Crippen LogP) is 4.89. The molecule has 6 nitrogen and oxygen atoms in total. The van der Waals surface area contributed by atoms with E-state index in [9.17, 15) is 13.2 Å². The maximum atomic E-state index is 14.7. The first-order valence-corrected chi connectivity index (χ1v) is 11.1. The highest BCUT2D eigenvalue weighted by Gasteiger charge is 2.33. The number of nitrogens with zero attached hydrogens (tertiary/aromatic N) is 3. The van der Waals surface area contributed by atoms with Gasteiger partial charge in [0.1, 0.15) is 17.2 Å². The van der Waals surface area contributed by atoms with E-state index in [0.29, 0.717) is 48.1 Å². The lowest BCUT2D eigenvalue weighted by Gasteiger charge is -2.44. The molecule has 2 aromatic heterocycles. The van der Waals surface area contributed by atoms with Crippen LogP contribution in [0.3, 0.4) is 0 Å². The van der Waals surface area contributed by atoms with E-state index >= 15 is 0 Å². The normalized spacial score (nSPS) is 14.9. The van der Waals surface area contributed by atoms with Crippen LogP contribution < -0.4 is 15.4 Å². The Morgan fingerprint density at radius 2 is 1.88 bits per heavy atom. The molecule has 0 bridgehead atoms. The van der Waals surface area contributed by atoms with Gasteiger partial charge in [-0.2, -0.15) is 0 Å². The fourth-order valence-electron chi connectivity index (χ4n) is 4.32. The van der Waals surface area contributed by atoms with E-state index in [1.54, 1.807) is 31.5 Å². The molecule has 1 fully saturated rings. The number of rotatable bonds is 6. The minimum Gasteiger partial charge on any atom is -0.491 e. The maximum Gasteiger partial charge on any atom is 0.165 e. The SMILES string of the molecule is CCOc1ccc(-c2cncc(-c3nc4c(F)cc(F)cc4[nH]3)c2N2CC(C(C)N)C2)cc1F. The van der Waals surface area contributed by atoms with Gasteiger partial charge in [-0.25, -0.2) is 18.2 Å². The van der Waals surface area contributed by atoms with E-state index in [4.69, 9.17) is 10.5 Å². The highest BCUT2D eigenvalue weighted by molar-refractivity contribution is 5.91. The summed E-state index contributed by atoms with van der Waals surface area (Å²) in [6.07, 6.45) is 3.28. The van der Waals surface area contributed by atoms with Gasteiger partial charge in [0.05, 0.1) is 23.4 Å². The average Bonchev–Trinajstić information content (AvgIpc) is 3.18. The summed E-state index contributed by atoms with van der Waals surface area (Å²) < 4.78 is 48.1. The topological polar surface area (TPSA) is 80.1 Å². The van der Waals surface area contributed by atoms with Crippen molar-refractivity contribution < 1.29 is 17.9 Å². The Bertz CT molecular complexity index is 1360. The number of aromatic amines is 1. The zero-order valence-corrected chi connectivity index (χ0v) is 18.8. The zero-order valence-electron chi connectivity index (χ0n) is 18.8. The molecule has 5 rings (SSSR count). The molecule has 0 radical (unpaired) electrons. The maximum absolute atomic E-state index is 14.7. The number of benzene rings is 2. The van der Waals surface area contributed by atoms with Crippen LogP contribution in [0.2, 0.25) is 0 Å². The van der Waals surface area contributed by atoms with E-state index < -0.39 is 17.5 Å². The zero-order chi connectivity index (χ0) is 24.0. The number of H-pyrrole nitrogens is 1. The van der Waals surface area contributed by atoms with Gasteiger partial charge in [0.25, 0.3) is 0 Å². The van der Waals surface area contributed by atoms with Crippen LogP contribution in [0.15, 0.2) is 42.7 Å². The van der Waals surface area contributed by atoms with Crippen LogP contribution in [-0.2, 0) is 0 Å². The number of hydrogen-bond acceptors (Lipinski definition) is 5. The van der Waals surface area contributed by atoms with Crippen molar-refractivity contribution in [2.45, 2.75) is 19.9 Å². The van der Waals surface area contributed by atoms with Gasteiger partial charge in [-0.15, -0.1) is 0 Å². The molecule has 9 heteroatoms. The van der Waals surface area contributed by atoms with Crippen LogP contribution in [0, 0.1) is 23.4 Å². The summed E-state index contributed by atoms with van der Waals surface area (Å²) in [5.41, 5.74) is 9.05. The van der Waals surface area contributed by atoms with Crippen molar-refractivity contribution >= 4 is 16.7 Å². The van der Waals surface area contributed by atoms with Gasteiger partial charge in [-0.3, -0.25) is 4.98 Å². The van der Waals surface area contributed by atoms with E-state index in [0.717, 1.165) is 11.8 Å². The second-order valence-corrected chi connectivity index (χ2v) is 8.55. The highest BCUT2D eigenvalue weighted by atomic mass is 19.1. The molecule has 1 saturated heterocycles. The Kier molecular flexibility index (Phi) is 5.65. The molecule has 0 amide bonds. The summed E-state index contributed by atoms with van der Waals surface area (Å²) in [6.45, 7) is 5.51. The third-order valence-corrected chi connectivity index (χ3v) is 6.19. The van der Waals surface area contributed by atoms with Gasteiger partial charge in [0.15, 0.2) is 17.4 Å². The van der Waals surface area contributed by atoms with Crippen molar-refractivity contribution in [1.29, 1.82) is 0 Å². The molecule has 1 aliphatic heterocycles. The monoisotopic (exact) mass is 467 g/mol. The van der Waals surface area contributed by atoms with E-state index in [1.807, 2.05) is 6.92 Å². The second kappa shape index (κ2) is 8.64. The largest absolute Gasteiger partial charge is 0.491 e. The minimum atomic E-state index is -0.752. The number of ether oxygens (including phenoxy) is 1. The quantitative estimate of drug-likeness (QED) is 0.422. The summed E-state index contributed by atoms with van der Waals surface area (Å²) in [7, 11) is 0. The van der Waals surface area contributed by atoms with Crippen LogP contribution in [0.4, 0.5) is 18.9 Å². The molecule has 3 N–H and O–H groups in total. The molecule has 0 spiro atoms. The number of nitrogens with two attached hydrogens (primary N) is 1. The lowest BCUT2D eigenvalue weighted by Crippen LogP contribution is -2.54. The fourth-order valence-corrected chi connectivity index (χ4v) is 4.32. The van der Waals surface area contributed by atoms with Gasteiger partial charge in [-0.1, -0.05) is 6.07 Å². The Hall–Kier alpha value is -3.59. The lowest BCUT2D eigenvalue weighted by molar-refractivity contribution is 0.321. The first-order chi connectivity index (χ1) is 16.4. The van der Waals surface area contributed by atoms with Crippen LogP contribution in [0.25, 0.3) is 33.5 Å². The number of nitrogens with one attached hydrogen (secondary N) is 1. The lowest BCUT2D eigenvalue weighted by atomic mass is 9.90. The number of pyridine rings is 1. The number of anilines is 1. The highest BCUT2D eigenvalue weighted by Crippen LogP contribution is 2.42. The number of hydrogen-bond donors (Lipinski definition) is 2. The fraction of sp³-hybridized carbons (Fsp3) is 0.280. The number of aromatic nitrogens is 3. The van der Waals surface area contributed by atoms with Gasteiger partial charge >= 0.3 is 0 Å². The van der Waals surface area contributed by atoms with Gasteiger partial charge in [0, 0.05) is 49.1 Å². The number of imidazole rings is 1. The van der Waals surface area contributed by atoms with Crippen LogP contribution in [0.1, 0.15) is 13.8 Å². The second-order valence-electron chi connectivity index (χ2n) is 8.55. The van der Waals surface area contributed by atoms with Crippen molar-refractivity contribution in [3.8, 4) is 28.3 Å². The van der Waals surface area contributed by atoms with Crippen LogP contribution in [-0.4, -0.2) is 40.7 Å². The minimum absolute atomic E-state index is 0.0242. The predicted molar refractivity (Wildman–Crippen MR) is 125 cm³/mol. The van der Waals surface area contributed by atoms with Gasteiger partial charge < -0.3 is 20.4 Å². The number of halogens is 3. The van der Waals surface area contributed by atoms with Gasteiger partial charge in [0.2, 0.25) is 0 Å². The molecular weight excluding hydrogens is 443 g/mol. The third kappa shape index (κ3) is 3.86. The Morgan fingerprint density at radius 1 is 1.12 bits per heavy atom. The smallest absolute Gasteiger partial charge is 0.165 e. The molecule has 0 aliphatic carbocycles. The van der Waals surface area contributed by atoms with E-state index in [2.05, 4.69) is 19.9 Å². The van der Waals surface area contributed by atoms with Crippen molar-refractivity contribution in [3.63, 3.8) is 0 Å². The summed E-state index contributed by atoms with van der Waals surface area (Å²) >= 11 is 0. The molecular formula is C25H24F3N5O. The Labute approximate surface area is 194 Å². The van der Waals surface area contributed by atoms with E-state index in [-0.39, 0.29) is 22.8 Å². The molecule has 34 heavy (non-hydrogen) atoms. The summed E-state index contributed by atoms with van der Waals surface area (Å²) in [6, 6.07) is 6.79. The first kappa shape index (κ1) is 22.2. The molecule has 176 valence electrons. The van der Waals surface area contributed by atoms with Crippen molar-refractivity contribution in [1.82, 2.24) is 15.0 Å². The summed E-state index contributed by atoms with van der Waals surface area (Å²) in [5.74, 6) is -1.10. The Balaban J connectivity index is 1.66. The third-order valence-electron chi connectivity index (χ3n) is 6.19. The van der Waals surface area contributed by atoms with Crippen LogP contribution in [0.5, 0.6) is 5.75 Å². The Morgan fingerprint density at radius 3 is 2.59 bits per heavy atom. The molecule has 1 aliphatic rings. The molecule has 1 unspecified atom stereocenters. The molecule has 2 aromatic carbocycles. The number of fused-ring (bicyclic) bond motifs is 1. The average molecular weight is 467 g/mol. The molecule has 3 heterocycles. The molecule has 4 aromatic rings. The van der Waals surface area contributed by atoms with Crippen molar-refractivity contribution in [3.05, 3.63) is 60.2 Å².